The van der Waals surface area contributed by atoms with Gasteiger partial charge in [-0.15, -0.1) is 11.3 Å². The molecule has 0 aliphatic heterocycles. The zero-order valence-electron chi connectivity index (χ0n) is 12.9. The maximum Gasteiger partial charge on any atom is 0.244 e. The van der Waals surface area contributed by atoms with Crippen molar-refractivity contribution < 1.29 is 8.42 Å². The highest BCUT2D eigenvalue weighted by atomic mass is 32.2. The van der Waals surface area contributed by atoms with Crippen LogP contribution in [0.5, 0.6) is 0 Å². The van der Waals surface area contributed by atoms with Crippen LogP contribution in [0, 0.1) is 0 Å². The molecule has 0 aliphatic rings. The number of sulfonamides is 1. The molecule has 1 aromatic rings. The minimum Gasteiger partial charge on any atom is -0.315 e. The van der Waals surface area contributed by atoms with Crippen molar-refractivity contribution in [1.82, 2.24) is 14.5 Å². The summed E-state index contributed by atoms with van der Waals surface area (Å²) in [6, 6.07) is 1.65. The van der Waals surface area contributed by atoms with Gasteiger partial charge in [-0.2, -0.15) is 4.31 Å². The molecule has 0 bridgehead atoms. The van der Waals surface area contributed by atoms with E-state index in [1.165, 1.54) is 11.3 Å². The van der Waals surface area contributed by atoms with Crippen molar-refractivity contribution in [2.45, 2.75) is 31.3 Å². The minimum atomic E-state index is -3.43. The fraction of sp³-hybridized carbons (Fsp3) is 0.692. The number of hydrogen-bond donors (Lipinski definition) is 1. The summed E-state index contributed by atoms with van der Waals surface area (Å²) in [6.45, 7) is 5.59. The molecule has 7 heteroatoms. The van der Waals surface area contributed by atoms with E-state index in [4.69, 9.17) is 0 Å². The number of nitrogens with one attached hydrogen (secondary N) is 1. The highest BCUT2D eigenvalue weighted by Gasteiger charge is 2.30. The molecule has 116 valence electrons. The van der Waals surface area contributed by atoms with Crippen molar-refractivity contribution >= 4 is 21.4 Å². The highest BCUT2D eigenvalue weighted by molar-refractivity contribution is 7.89. The van der Waals surface area contributed by atoms with E-state index in [0.29, 0.717) is 24.5 Å². The smallest absolute Gasteiger partial charge is 0.244 e. The number of hydrogen-bond acceptors (Lipinski definition) is 5. The monoisotopic (exact) mass is 319 g/mol. The van der Waals surface area contributed by atoms with Crippen molar-refractivity contribution in [3.63, 3.8) is 0 Å². The summed E-state index contributed by atoms with van der Waals surface area (Å²) in [5.41, 5.74) is 0. The molecule has 0 saturated heterocycles. The van der Waals surface area contributed by atoms with Gasteiger partial charge in [0.1, 0.15) is 0 Å². The predicted molar refractivity (Wildman–Crippen MR) is 84.7 cm³/mol. The Morgan fingerprint density at radius 1 is 1.40 bits per heavy atom. The van der Waals surface area contributed by atoms with Crippen LogP contribution >= 0.6 is 11.3 Å². The first-order valence-corrected chi connectivity index (χ1v) is 9.04. The molecule has 1 heterocycles. The minimum absolute atomic E-state index is 0.0534. The molecule has 1 unspecified atom stereocenters. The van der Waals surface area contributed by atoms with E-state index < -0.39 is 10.0 Å². The van der Waals surface area contributed by atoms with E-state index in [-0.39, 0.29) is 6.04 Å². The molecule has 1 aromatic heterocycles. The van der Waals surface area contributed by atoms with Gasteiger partial charge < -0.3 is 10.2 Å². The van der Waals surface area contributed by atoms with Crippen LogP contribution in [0.2, 0.25) is 0 Å². The molecular formula is C13H25N3O2S2. The summed E-state index contributed by atoms with van der Waals surface area (Å²) in [5.74, 6) is 0. The second-order valence-corrected chi connectivity index (χ2v) is 7.92. The molecule has 0 amide bonds. The van der Waals surface area contributed by atoms with Crippen LogP contribution in [-0.4, -0.2) is 57.9 Å². The SMILES string of the molecule is CCN(C(C)CN(C)C)S(=O)(=O)c1ccsc1CNC. The molecule has 1 N–H and O–H groups in total. The van der Waals surface area contributed by atoms with E-state index in [1.54, 1.807) is 10.4 Å². The number of nitrogens with zero attached hydrogens (tertiary/aromatic N) is 2. The van der Waals surface area contributed by atoms with Crippen LogP contribution in [0.3, 0.4) is 0 Å². The predicted octanol–water partition coefficient (Wildman–Crippen LogP) is 1.43. The van der Waals surface area contributed by atoms with Crippen molar-refractivity contribution in [2.24, 2.45) is 0 Å². The van der Waals surface area contributed by atoms with Gasteiger partial charge in [-0.1, -0.05) is 6.92 Å². The zero-order chi connectivity index (χ0) is 15.3. The standard InChI is InChI=1S/C13H25N3O2S2/c1-6-16(11(2)10-15(4)5)20(17,18)13-7-8-19-12(13)9-14-3/h7-8,11,14H,6,9-10H2,1-5H3. The van der Waals surface area contributed by atoms with Gasteiger partial charge in [-0.05, 0) is 39.5 Å². The second-order valence-electron chi connectivity index (χ2n) is 5.06. The lowest BCUT2D eigenvalue weighted by molar-refractivity contribution is 0.271. The average molecular weight is 319 g/mol. The first-order chi connectivity index (χ1) is 9.34. The summed E-state index contributed by atoms with van der Waals surface area (Å²) in [7, 11) is 2.30. The van der Waals surface area contributed by atoms with Gasteiger partial charge in [0, 0.05) is 30.6 Å². The van der Waals surface area contributed by atoms with E-state index in [2.05, 4.69) is 5.32 Å². The van der Waals surface area contributed by atoms with E-state index in [1.807, 2.05) is 45.3 Å². The van der Waals surface area contributed by atoms with Crippen LogP contribution in [0.25, 0.3) is 0 Å². The molecule has 0 aliphatic carbocycles. The summed E-state index contributed by atoms with van der Waals surface area (Å²) in [6.07, 6.45) is 0. The van der Waals surface area contributed by atoms with Gasteiger partial charge in [-0.25, -0.2) is 8.42 Å². The molecule has 0 aromatic carbocycles. The molecule has 5 nitrogen and oxygen atoms in total. The molecular weight excluding hydrogens is 294 g/mol. The van der Waals surface area contributed by atoms with Gasteiger partial charge in [-0.3, -0.25) is 0 Å². The Morgan fingerprint density at radius 3 is 2.55 bits per heavy atom. The molecule has 20 heavy (non-hydrogen) atoms. The zero-order valence-corrected chi connectivity index (χ0v) is 14.5. The van der Waals surface area contributed by atoms with Gasteiger partial charge in [0.15, 0.2) is 0 Å². The van der Waals surface area contributed by atoms with Gasteiger partial charge in [0.25, 0.3) is 0 Å². The highest BCUT2D eigenvalue weighted by Crippen LogP contribution is 2.26. The summed E-state index contributed by atoms with van der Waals surface area (Å²) in [5, 5.41) is 4.86. The molecule has 0 radical (unpaired) electrons. The Balaban J connectivity index is 3.08. The van der Waals surface area contributed by atoms with Gasteiger partial charge >= 0.3 is 0 Å². The fourth-order valence-electron chi connectivity index (χ4n) is 2.31. The Morgan fingerprint density at radius 2 is 2.05 bits per heavy atom. The van der Waals surface area contributed by atoms with Crippen LogP contribution in [-0.2, 0) is 16.6 Å². The largest absolute Gasteiger partial charge is 0.315 e. The van der Waals surface area contributed by atoms with E-state index >= 15 is 0 Å². The lowest BCUT2D eigenvalue weighted by Crippen LogP contribution is -2.43. The Bertz CT molecular complexity index is 511. The van der Waals surface area contributed by atoms with Crippen molar-refractivity contribution in [1.29, 1.82) is 0 Å². The normalized spacial score (nSPS) is 14.2. The Kier molecular flexibility index (Phi) is 6.60. The van der Waals surface area contributed by atoms with Gasteiger partial charge in [0.2, 0.25) is 10.0 Å². The van der Waals surface area contributed by atoms with Crippen LogP contribution in [0.4, 0.5) is 0 Å². The molecule has 1 rings (SSSR count). The van der Waals surface area contributed by atoms with E-state index in [9.17, 15) is 8.42 Å². The number of likely N-dealkylation sites (N-methyl/N-ethyl adjacent to an activating group) is 2. The van der Waals surface area contributed by atoms with Crippen molar-refractivity contribution in [2.75, 3.05) is 34.2 Å². The summed E-state index contributed by atoms with van der Waals surface area (Å²) in [4.78, 5) is 3.30. The number of rotatable bonds is 8. The van der Waals surface area contributed by atoms with E-state index in [0.717, 1.165) is 4.88 Å². The lowest BCUT2D eigenvalue weighted by Gasteiger charge is -2.29. The van der Waals surface area contributed by atoms with Crippen LogP contribution in [0.15, 0.2) is 16.3 Å². The third-order valence-corrected chi connectivity index (χ3v) is 6.29. The molecule has 1 atom stereocenters. The number of thiophene rings is 1. The maximum absolute atomic E-state index is 12.8. The second kappa shape index (κ2) is 7.51. The van der Waals surface area contributed by atoms with Crippen molar-refractivity contribution in [3.8, 4) is 0 Å². The quantitative estimate of drug-likeness (QED) is 0.787. The summed E-state index contributed by atoms with van der Waals surface area (Å²) >= 11 is 1.48. The van der Waals surface area contributed by atoms with Crippen molar-refractivity contribution in [3.05, 3.63) is 16.3 Å². The molecule has 0 saturated carbocycles. The van der Waals surface area contributed by atoms with Crippen LogP contribution < -0.4 is 5.32 Å². The Labute approximate surface area is 126 Å². The average Bonchev–Trinajstić information content (AvgIpc) is 2.77. The maximum atomic E-state index is 12.8. The summed E-state index contributed by atoms with van der Waals surface area (Å²) < 4.78 is 27.2. The lowest BCUT2D eigenvalue weighted by atomic mass is 10.3. The Hall–Kier alpha value is -0.470. The molecule has 0 spiro atoms. The first kappa shape index (κ1) is 17.6. The van der Waals surface area contributed by atoms with Crippen LogP contribution in [0.1, 0.15) is 18.7 Å². The third kappa shape index (κ3) is 4.02. The topological polar surface area (TPSA) is 52.7 Å². The molecule has 0 fully saturated rings. The van der Waals surface area contributed by atoms with Gasteiger partial charge in [0.05, 0.1) is 4.90 Å². The first-order valence-electron chi connectivity index (χ1n) is 6.72. The third-order valence-electron chi connectivity index (χ3n) is 3.06. The fourth-order valence-corrected chi connectivity index (χ4v) is 5.37.